The van der Waals surface area contributed by atoms with Crippen LogP contribution in [0.2, 0.25) is 0 Å². The Hall–Kier alpha value is -1.88. The number of aromatic nitrogens is 1. The third-order valence-electron chi connectivity index (χ3n) is 2.46. The van der Waals surface area contributed by atoms with Crippen molar-refractivity contribution in [3.8, 4) is 11.3 Å². The van der Waals surface area contributed by atoms with Gasteiger partial charge in [-0.3, -0.25) is 0 Å². The monoisotopic (exact) mass is 248 g/mol. The highest BCUT2D eigenvalue weighted by Gasteiger charge is 2.18. The fourth-order valence-electron chi connectivity index (χ4n) is 1.58. The lowest BCUT2D eigenvalue weighted by Crippen LogP contribution is -1.99. The highest BCUT2D eigenvalue weighted by atomic mass is 32.1. The van der Waals surface area contributed by atoms with E-state index in [1.807, 2.05) is 31.2 Å². The van der Waals surface area contributed by atoms with E-state index in [1.54, 1.807) is 7.05 Å². The van der Waals surface area contributed by atoms with Crippen molar-refractivity contribution in [2.45, 2.75) is 6.92 Å². The Morgan fingerprint density at radius 2 is 2.00 bits per heavy atom. The average molecular weight is 248 g/mol. The first-order chi connectivity index (χ1) is 8.13. The Bertz CT molecular complexity index is 546. The van der Waals surface area contributed by atoms with Gasteiger partial charge in [-0.2, -0.15) is 4.37 Å². The maximum Gasteiger partial charge on any atom is 0.349 e. The molecule has 0 unspecified atom stereocenters. The van der Waals surface area contributed by atoms with E-state index in [4.69, 9.17) is 5.11 Å². The highest BCUT2D eigenvalue weighted by molar-refractivity contribution is 7.09. The zero-order valence-electron chi connectivity index (χ0n) is 9.52. The lowest BCUT2D eigenvalue weighted by Gasteiger charge is -2.03. The van der Waals surface area contributed by atoms with E-state index < -0.39 is 5.97 Å². The van der Waals surface area contributed by atoms with Gasteiger partial charge < -0.3 is 10.4 Å². The molecule has 2 aromatic rings. The molecule has 0 amide bonds. The number of anilines is 1. The molecular weight excluding hydrogens is 236 g/mol. The molecule has 1 aromatic carbocycles. The Balaban J connectivity index is 2.52. The van der Waals surface area contributed by atoms with Gasteiger partial charge in [0.15, 0.2) is 4.88 Å². The number of carboxylic acids is 1. The lowest BCUT2D eigenvalue weighted by atomic mass is 10.1. The Labute approximate surface area is 103 Å². The number of nitrogens with zero attached hydrogens (tertiary/aromatic N) is 1. The third-order valence-corrected chi connectivity index (χ3v) is 3.30. The van der Waals surface area contributed by atoms with Gasteiger partial charge in [-0.15, -0.1) is 0 Å². The van der Waals surface area contributed by atoms with Gasteiger partial charge in [-0.25, -0.2) is 4.79 Å². The van der Waals surface area contributed by atoms with Crippen LogP contribution in [0.15, 0.2) is 24.3 Å². The van der Waals surface area contributed by atoms with Crippen molar-refractivity contribution in [2.75, 3.05) is 12.4 Å². The van der Waals surface area contributed by atoms with Crippen LogP contribution < -0.4 is 5.32 Å². The van der Waals surface area contributed by atoms with Crippen LogP contribution in [0.25, 0.3) is 11.3 Å². The number of nitrogens with one attached hydrogen (secondary N) is 1. The molecule has 0 atom stereocenters. The number of hydrogen-bond donors (Lipinski definition) is 2. The molecule has 4 nitrogen and oxygen atoms in total. The van der Waals surface area contributed by atoms with Crippen LogP contribution >= 0.6 is 11.5 Å². The standard InChI is InChI=1S/C12H12N2O2S/c1-7-3-5-8(6-4-7)9-10(13-2)11(12(15)16)17-14-9/h3-6,13H,1-2H3,(H,15,16). The minimum atomic E-state index is -0.954. The summed E-state index contributed by atoms with van der Waals surface area (Å²) in [6.45, 7) is 2.01. The summed E-state index contributed by atoms with van der Waals surface area (Å²) >= 11 is 0.996. The van der Waals surface area contributed by atoms with Crippen LogP contribution in [0.1, 0.15) is 15.2 Å². The van der Waals surface area contributed by atoms with E-state index in [1.165, 1.54) is 0 Å². The van der Waals surface area contributed by atoms with Crippen molar-refractivity contribution < 1.29 is 9.90 Å². The summed E-state index contributed by atoms with van der Waals surface area (Å²) in [5.41, 5.74) is 3.35. The number of aromatic carboxylic acids is 1. The Kier molecular flexibility index (Phi) is 3.10. The van der Waals surface area contributed by atoms with Crippen molar-refractivity contribution in [1.82, 2.24) is 4.37 Å². The topological polar surface area (TPSA) is 62.2 Å². The summed E-state index contributed by atoms with van der Waals surface area (Å²) in [7, 11) is 1.70. The van der Waals surface area contributed by atoms with Crippen LogP contribution in [-0.2, 0) is 0 Å². The van der Waals surface area contributed by atoms with Crippen molar-refractivity contribution in [3.05, 3.63) is 34.7 Å². The predicted octanol–water partition coefficient (Wildman–Crippen LogP) is 2.86. The molecule has 2 N–H and O–H groups in total. The summed E-state index contributed by atoms with van der Waals surface area (Å²) in [6.07, 6.45) is 0. The molecule has 0 aliphatic rings. The van der Waals surface area contributed by atoms with Gasteiger partial charge in [-0.1, -0.05) is 29.8 Å². The molecule has 2 rings (SSSR count). The minimum Gasteiger partial charge on any atom is -0.477 e. The molecule has 0 saturated heterocycles. The van der Waals surface area contributed by atoms with E-state index >= 15 is 0 Å². The van der Waals surface area contributed by atoms with Crippen molar-refractivity contribution >= 4 is 23.2 Å². The molecule has 0 radical (unpaired) electrons. The van der Waals surface area contributed by atoms with Gasteiger partial charge in [-0.05, 0) is 18.5 Å². The van der Waals surface area contributed by atoms with E-state index in [0.29, 0.717) is 11.4 Å². The van der Waals surface area contributed by atoms with Crippen molar-refractivity contribution in [2.24, 2.45) is 0 Å². The fraction of sp³-hybridized carbons (Fsp3) is 0.167. The van der Waals surface area contributed by atoms with Crippen LogP contribution in [0.5, 0.6) is 0 Å². The normalized spacial score (nSPS) is 10.2. The molecule has 0 spiro atoms. The molecule has 1 heterocycles. The first kappa shape index (κ1) is 11.6. The third kappa shape index (κ3) is 2.14. The van der Waals surface area contributed by atoms with E-state index in [2.05, 4.69) is 9.69 Å². The van der Waals surface area contributed by atoms with E-state index in [-0.39, 0.29) is 4.88 Å². The second-order valence-electron chi connectivity index (χ2n) is 3.66. The van der Waals surface area contributed by atoms with Gasteiger partial charge in [0.05, 0.1) is 5.69 Å². The minimum absolute atomic E-state index is 0.239. The summed E-state index contributed by atoms with van der Waals surface area (Å²) in [6, 6.07) is 7.84. The first-order valence-corrected chi connectivity index (χ1v) is 5.88. The molecule has 88 valence electrons. The SMILES string of the molecule is CNc1c(-c2ccc(C)cc2)nsc1C(=O)O. The molecule has 1 aromatic heterocycles. The number of carbonyl (C=O) groups is 1. The Morgan fingerprint density at radius 3 is 2.53 bits per heavy atom. The fourth-order valence-corrected chi connectivity index (χ4v) is 2.32. The van der Waals surface area contributed by atoms with Crippen molar-refractivity contribution in [3.63, 3.8) is 0 Å². The number of benzene rings is 1. The number of rotatable bonds is 3. The molecule has 0 fully saturated rings. The lowest BCUT2D eigenvalue weighted by molar-refractivity contribution is 0.0703. The van der Waals surface area contributed by atoms with Crippen LogP contribution in [0.3, 0.4) is 0 Å². The van der Waals surface area contributed by atoms with Crippen LogP contribution in [0.4, 0.5) is 5.69 Å². The summed E-state index contributed by atoms with van der Waals surface area (Å²) < 4.78 is 4.21. The maximum atomic E-state index is 11.0. The summed E-state index contributed by atoms with van der Waals surface area (Å²) in [5.74, 6) is -0.954. The average Bonchev–Trinajstić information content (AvgIpc) is 2.73. The number of hydrogen-bond acceptors (Lipinski definition) is 4. The van der Waals surface area contributed by atoms with E-state index in [0.717, 1.165) is 22.7 Å². The molecule has 0 saturated carbocycles. The molecular formula is C12H12N2O2S. The highest BCUT2D eigenvalue weighted by Crippen LogP contribution is 2.32. The molecule has 0 bridgehead atoms. The van der Waals surface area contributed by atoms with Crippen molar-refractivity contribution in [1.29, 1.82) is 0 Å². The van der Waals surface area contributed by atoms with Gasteiger partial charge in [0.2, 0.25) is 0 Å². The molecule has 5 heteroatoms. The summed E-state index contributed by atoms with van der Waals surface area (Å²) in [5, 5.41) is 11.9. The van der Waals surface area contributed by atoms with E-state index in [9.17, 15) is 4.79 Å². The van der Waals surface area contributed by atoms with Gasteiger partial charge >= 0.3 is 5.97 Å². The zero-order valence-corrected chi connectivity index (χ0v) is 10.3. The number of carboxylic acid groups (broad SMARTS) is 1. The molecule has 17 heavy (non-hydrogen) atoms. The molecule has 0 aliphatic carbocycles. The van der Waals surface area contributed by atoms with Crippen LogP contribution in [0, 0.1) is 6.92 Å². The quantitative estimate of drug-likeness (QED) is 0.876. The summed E-state index contributed by atoms with van der Waals surface area (Å²) in [4.78, 5) is 11.2. The van der Waals surface area contributed by atoms with Gasteiger partial charge in [0.25, 0.3) is 0 Å². The van der Waals surface area contributed by atoms with Gasteiger partial charge in [0, 0.05) is 12.6 Å². The first-order valence-electron chi connectivity index (χ1n) is 5.11. The number of aryl methyl sites for hydroxylation is 1. The van der Waals surface area contributed by atoms with Crippen LogP contribution in [-0.4, -0.2) is 22.5 Å². The largest absolute Gasteiger partial charge is 0.477 e. The predicted molar refractivity (Wildman–Crippen MR) is 68.8 cm³/mol. The maximum absolute atomic E-state index is 11.0. The second-order valence-corrected chi connectivity index (χ2v) is 4.43. The molecule has 0 aliphatic heterocycles. The van der Waals surface area contributed by atoms with Gasteiger partial charge in [0.1, 0.15) is 5.69 Å². The Morgan fingerprint density at radius 1 is 1.35 bits per heavy atom. The smallest absolute Gasteiger partial charge is 0.349 e. The zero-order chi connectivity index (χ0) is 12.4. The second kappa shape index (κ2) is 4.55.